The fourth-order valence-electron chi connectivity index (χ4n) is 2.69. The van der Waals surface area contributed by atoms with Crippen LogP contribution < -0.4 is 10.6 Å². The first-order valence-electron chi connectivity index (χ1n) is 7.88. The minimum atomic E-state index is 0.188. The van der Waals surface area contributed by atoms with E-state index in [1.54, 1.807) is 0 Å². The highest BCUT2D eigenvalue weighted by Gasteiger charge is 2.24. The molecule has 0 unspecified atom stereocenters. The van der Waals surface area contributed by atoms with Gasteiger partial charge in [-0.3, -0.25) is 4.79 Å². The molecule has 0 spiro atoms. The summed E-state index contributed by atoms with van der Waals surface area (Å²) in [6.07, 6.45) is 5.97. The summed E-state index contributed by atoms with van der Waals surface area (Å²) in [5, 5.41) is 6.59. The quantitative estimate of drug-likeness (QED) is 0.732. The van der Waals surface area contributed by atoms with E-state index in [4.69, 9.17) is 0 Å². The molecule has 1 saturated heterocycles. The van der Waals surface area contributed by atoms with Crippen molar-refractivity contribution in [2.24, 2.45) is 5.92 Å². The highest BCUT2D eigenvalue weighted by molar-refractivity contribution is 5.76. The molecule has 1 heterocycles. The Morgan fingerprint density at radius 2 is 1.89 bits per heavy atom. The van der Waals surface area contributed by atoms with Crippen molar-refractivity contribution < 1.29 is 4.79 Å². The number of hydrogen-bond acceptors (Lipinski definition) is 3. The average molecular weight is 267 g/mol. The van der Waals surface area contributed by atoms with Crippen LogP contribution >= 0.6 is 0 Å². The lowest BCUT2D eigenvalue weighted by Gasteiger charge is -2.32. The van der Waals surface area contributed by atoms with Crippen LogP contribution in [0.2, 0.25) is 0 Å². The number of carbonyl (C=O) groups is 1. The number of likely N-dealkylation sites (tertiary alicyclic amines) is 1. The van der Waals surface area contributed by atoms with Crippen LogP contribution in [0.5, 0.6) is 0 Å². The first kappa shape index (κ1) is 14.8. The Labute approximate surface area is 117 Å². The van der Waals surface area contributed by atoms with Gasteiger partial charge in [0.2, 0.25) is 5.91 Å². The first-order chi connectivity index (χ1) is 9.13. The third kappa shape index (κ3) is 5.91. The second-order valence-corrected chi connectivity index (χ2v) is 6.44. The fourth-order valence-corrected chi connectivity index (χ4v) is 2.69. The zero-order chi connectivity index (χ0) is 13.7. The number of rotatable bonds is 7. The number of piperidine rings is 1. The van der Waals surface area contributed by atoms with Gasteiger partial charge < -0.3 is 15.5 Å². The van der Waals surface area contributed by atoms with Gasteiger partial charge in [0, 0.05) is 25.0 Å². The Morgan fingerprint density at radius 3 is 2.47 bits per heavy atom. The van der Waals surface area contributed by atoms with Crippen molar-refractivity contribution >= 4 is 5.91 Å². The molecule has 4 heteroatoms. The van der Waals surface area contributed by atoms with Gasteiger partial charge in [-0.2, -0.15) is 0 Å². The molecule has 0 bridgehead atoms. The Kier molecular flexibility index (Phi) is 5.64. The number of hydrogen-bond donors (Lipinski definition) is 2. The van der Waals surface area contributed by atoms with E-state index < -0.39 is 0 Å². The smallest absolute Gasteiger partial charge is 0.221 e. The van der Waals surface area contributed by atoms with E-state index in [-0.39, 0.29) is 11.9 Å². The zero-order valence-corrected chi connectivity index (χ0v) is 12.5. The van der Waals surface area contributed by atoms with E-state index in [1.165, 1.54) is 32.2 Å². The summed E-state index contributed by atoms with van der Waals surface area (Å²) in [5.41, 5.74) is 0. The molecule has 0 aromatic heterocycles. The van der Waals surface area contributed by atoms with Gasteiger partial charge in [0.05, 0.1) is 0 Å². The summed E-state index contributed by atoms with van der Waals surface area (Å²) < 4.78 is 0. The zero-order valence-electron chi connectivity index (χ0n) is 12.5. The van der Waals surface area contributed by atoms with Crippen molar-refractivity contribution in [3.63, 3.8) is 0 Å². The molecule has 2 aliphatic rings. The number of nitrogens with zero attached hydrogens (tertiary/aromatic N) is 1. The summed E-state index contributed by atoms with van der Waals surface area (Å²) in [7, 11) is 0. The van der Waals surface area contributed by atoms with E-state index in [9.17, 15) is 4.79 Å². The Hall–Kier alpha value is -0.610. The maximum Gasteiger partial charge on any atom is 0.221 e. The van der Waals surface area contributed by atoms with E-state index in [1.807, 2.05) is 13.8 Å². The second-order valence-electron chi connectivity index (χ2n) is 6.44. The largest absolute Gasteiger partial charge is 0.354 e. The Bertz CT molecular complexity index is 281. The van der Waals surface area contributed by atoms with Crippen LogP contribution in [0.3, 0.4) is 0 Å². The summed E-state index contributed by atoms with van der Waals surface area (Å²) in [6.45, 7) is 8.46. The fraction of sp³-hybridized carbons (Fsp3) is 0.933. The summed E-state index contributed by atoms with van der Waals surface area (Å²) >= 11 is 0. The summed E-state index contributed by atoms with van der Waals surface area (Å²) in [6, 6.07) is 1.09. The summed E-state index contributed by atoms with van der Waals surface area (Å²) in [4.78, 5) is 14.0. The minimum Gasteiger partial charge on any atom is -0.354 e. The molecule has 1 aliphatic carbocycles. The van der Waals surface area contributed by atoms with Gasteiger partial charge in [-0.05, 0) is 65.1 Å². The SMILES string of the molecule is CC(C)NC(=O)CCN1CCC(CNC2CC2)CC1. The molecule has 19 heavy (non-hydrogen) atoms. The topological polar surface area (TPSA) is 44.4 Å². The number of nitrogens with one attached hydrogen (secondary N) is 2. The normalized spacial score (nSPS) is 21.8. The molecule has 0 aromatic rings. The number of amides is 1. The van der Waals surface area contributed by atoms with Gasteiger partial charge in [-0.15, -0.1) is 0 Å². The minimum absolute atomic E-state index is 0.188. The van der Waals surface area contributed by atoms with Gasteiger partial charge >= 0.3 is 0 Å². The van der Waals surface area contributed by atoms with Crippen LogP contribution in [-0.2, 0) is 4.79 Å². The molecule has 0 radical (unpaired) electrons. The van der Waals surface area contributed by atoms with Crippen molar-refractivity contribution in [1.82, 2.24) is 15.5 Å². The first-order valence-corrected chi connectivity index (χ1v) is 7.88. The van der Waals surface area contributed by atoms with Gasteiger partial charge in [0.25, 0.3) is 0 Å². The molecule has 2 N–H and O–H groups in total. The van der Waals surface area contributed by atoms with Gasteiger partial charge in [-0.25, -0.2) is 0 Å². The lowest BCUT2D eigenvalue weighted by Crippen LogP contribution is -2.40. The molecule has 4 nitrogen and oxygen atoms in total. The Morgan fingerprint density at radius 1 is 1.21 bits per heavy atom. The maximum atomic E-state index is 11.6. The molecule has 0 atom stereocenters. The number of carbonyl (C=O) groups excluding carboxylic acids is 1. The molecule has 1 saturated carbocycles. The third-order valence-electron chi connectivity index (χ3n) is 4.08. The van der Waals surface area contributed by atoms with Gasteiger partial charge in [0.15, 0.2) is 0 Å². The van der Waals surface area contributed by atoms with Crippen LogP contribution in [0.25, 0.3) is 0 Å². The van der Waals surface area contributed by atoms with Crippen molar-refractivity contribution in [2.75, 3.05) is 26.2 Å². The third-order valence-corrected chi connectivity index (χ3v) is 4.08. The van der Waals surface area contributed by atoms with Crippen LogP contribution in [-0.4, -0.2) is 49.1 Å². The molecular formula is C15H29N3O. The van der Waals surface area contributed by atoms with Crippen molar-refractivity contribution in [3.8, 4) is 0 Å². The maximum absolute atomic E-state index is 11.6. The molecule has 2 fully saturated rings. The lowest BCUT2D eigenvalue weighted by atomic mass is 9.96. The second kappa shape index (κ2) is 7.25. The molecule has 110 valence electrons. The highest BCUT2D eigenvalue weighted by Crippen LogP contribution is 2.21. The molecule has 2 rings (SSSR count). The predicted octanol–water partition coefficient (Wildman–Crippen LogP) is 1.37. The Balaban J connectivity index is 1.53. The monoisotopic (exact) mass is 267 g/mol. The lowest BCUT2D eigenvalue weighted by molar-refractivity contribution is -0.122. The van der Waals surface area contributed by atoms with E-state index >= 15 is 0 Å². The van der Waals surface area contributed by atoms with Crippen LogP contribution in [0, 0.1) is 5.92 Å². The predicted molar refractivity (Wildman–Crippen MR) is 78.1 cm³/mol. The van der Waals surface area contributed by atoms with Crippen LogP contribution in [0.4, 0.5) is 0 Å². The van der Waals surface area contributed by atoms with E-state index in [2.05, 4.69) is 15.5 Å². The molecular weight excluding hydrogens is 238 g/mol. The molecule has 1 amide bonds. The van der Waals surface area contributed by atoms with Gasteiger partial charge in [0.1, 0.15) is 0 Å². The van der Waals surface area contributed by atoms with E-state index in [0.717, 1.165) is 31.6 Å². The van der Waals surface area contributed by atoms with Crippen molar-refractivity contribution in [3.05, 3.63) is 0 Å². The van der Waals surface area contributed by atoms with Crippen LogP contribution in [0.15, 0.2) is 0 Å². The average Bonchev–Trinajstić information content (AvgIpc) is 3.18. The highest BCUT2D eigenvalue weighted by atomic mass is 16.1. The van der Waals surface area contributed by atoms with Gasteiger partial charge in [-0.1, -0.05) is 0 Å². The standard InChI is InChI=1S/C15H29N3O/c1-12(2)17-15(19)7-10-18-8-5-13(6-9-18)11-16-14-3-4-14/h12-14,16H,3-11H2,1-2H3,(H,17,19). The van der Waals surface area contributed by atoms with Crippen molar-refractivity contribution in [2.45, 2.75) is 58.0 Å². The van der Waals surface area contributed by atoms with E-state index in [0.29, 0.717) is 6.42 Å². The molecule has 1 aliphatic heterocycles. The van der Waals surface area contributed by atoms with Crippen LogP contribution in [0.1, 0.15) is 46.0 Å². The summed E-state index contributed by atoms with van der Waals surface area (Å²) in [5.74, 6) is 1.04. The van der Waals surface area contributed by atoms with Crippen molar-refractivity contribution in [1.29, 1.82) is 0 Å². The molecule has 0 aromatic carbocycles.